The molecule has 0 aliphatic heterocycles. The van der Waals surface area contributed by atoms with Crippen LogP contribution in [0.2, 0.25) is 0 Å². The SMILES string of the molecule is Cc1ccc2nc(C)cc(C(=O)Nc3cccc(COC(C)C)c3)c2c1. The number of nitrogens with one attached hydrogen (secondary N) is 1. The van der Waals surface area contributed by atoms with E-state index in [2.05, 4.69) is 10.3 Å². The van der Waals surface area contributed by atoms with Crippen LogP contribution >= 0.6 is 0 Å². The van der Waals surface area contributed by atoms with Crippen LogP contribution in [0.4, 0.5) is 5.69 Å². The average Bonchev–Trinajstić information content (AvgIpc) is 2.60. The third-order valence-electron chi connectivity index (χ3n) is 4.11. The van der Waals surface area contributed by atoms with Crippen LogP contribution in [-0.4, -0.2) is 17.0 Å². The van der Waals surface area contributed by atoms with Crippen molar-refractivity contribution in [3.05, 3.63) is 70.9 Å². The minimum absolute atomic E-state index is 0.131. The van der Waals surface area contributed by atoms with Gasteiger partial charge in [-0.25, -0.2) is 0 Å². The van der Waals surface area contributed by atoms with E-state index in [1.54, 1.807) is 0 Å². The molecule has 0 aliphatic carbocycles. The van der Waals surface area contributed by atoms with Crippen molar-refractivity contribution in [3.63, 3.8) is 0 Å². The van der Waals surface area contributed by atoms with Crippen LogP contribution in [-0.2, 0) is 11.3 Å². The Morgan fingerprint density at radius 2 is 1.92 bits per heavy atom. The first-order chi connectivity index (χ1) is 12.4. The molecule has 0 fully saturated rings. The second kappa shape index (κ2) is 7.67. The highest BCUT2D eigenvalue weighted by Gasteiger charge is 2.13. The molecule has 4 nitrogen and oxygen atoms in total. The van der Waals surface area contributed by atoms with E-state index in [4.69, 9.17) is 4.74 Å². The van der Waals surface area contributed by atoms with Gasteiger partial charge >= 0.3 is 0 Å². The van der Waals surface area contributed by atoms with E-state index >= 15 is 0 Å². The molecular formula is C22H24N2O2. The number of pyridine rings is 1. The predicted octanol–water partition coefficient (Wildman–Crippen LogP) is 5.03. The van der Waals surface area contributed by atoms with Crippen molar-refractivity contribution >= 4 is 22.5 Å². The van der Waals surface area contributed by atoms with E-state index in [-0.39, 0.29) is 12.0 Å². The number of ether oxygens (including phenoxy) is 1. The highest BCUT2D eigenvalue weighted by Crippen LogP contribution is 2.22. The predicted molar refractivity (Wildman–Crippen MR) is 106 cm³/mol. The van der Waals surface area contributed by atoms with E-state index in [9.17, 15) is 4.79 Å². The molecule has 1 N–H and O–H groups in total. The summed E-state index contributed by atoms with van der Waals surface area (Å²) >= 11 is 0. The van der Waals surface area contributed by atoms with Gasteiger partial charge in [0.15, 0.2) is 0 Å². The summed E-state index contributed by atoms with van der Waals surface area (Å²) in [5.41, 5.74) is 5.19. The van der Waals surface area contributed by atoms with E-state index in [1.165, 1.54) is 0 Å². The van der Waals surface area contributed by atoms with Crippen molar-refractivity contribution < 1.29 is 9.53 Å². The van der Waals surface area contributed by atoms with Crippen LogP contribution < -0.4 is 5.32 Å². The number of benzene rings is 2. The average molecular weight is 348 g/mol. The van der Waals surface area contributed by atoms with E-state index in [1.807, 2.05) is 76.2 Å². The van der Waals surface area contributed by atoms with Crippen molar-refractivity contribution in [1.29, 1.82) is 0 Å². The van der Waals surface area contributed by atoms with Crippen LogP contribution in [0.5, 0.6) is 0 Å². The van der Waals surface area contributed by atoms with Crippen LogP contribution in [0.25, 0.3) is 10.9 Å². The molecule has 2 aromatic carbocycles. The second-order valence-corrected chi connectivity index (χ2v) is 6.85. The first-order valence-electron chi connectivity index (χ1n) is 8.82. The molecular weight excluding hydrogens is 324 g/mol. The fourth-order valence-electron chi connectivity index (χ4n) is 2.86. The number of anilines is 1. The smallest absolute Gasteiger partial charge is 0.256 e. The lowest BCUT2D eigenvalue weighted by Crippen LogP contribution is -2.13. The lowest BCUT2D eigenvalue weighted by atomic mass is 10.0. The van der Waals surface area contributed by atoms with Crippen LogP contribution in [0.1, 0.15) is 41.0 Å². The number of rotatable bonds is 5. The van der Waals surface area contributed by atoms with Gasteiger partial charge in [-0.1, -0.05) is 23.8 Å². The van der Waals surface area contributed by atoms with E-state index in [0.29, 0.717) is 12.2 Å². The molecule has 3 aromatic rings. The Kier molecular flexibility index (Phi) is 5.33. The number of fused-ring (bicyclic) bond motifs is 1. The molecule has 26 heavy (non-hydrogen) atoms. The number of hydrogen-bond donors (Lipinski definition) is 1. The van der Waals surface area contributed by atoms with Crippen LogP contribution in [0, 0.1) is 13.8 Å². The quantitative estimate of drug-likeness (QED) is 0.703. The maximum Gasteiger partial charge on any atom is 0.256 e. The number of aryl methyl sites for hydroxylation is 2. The number of hydrogen-bond acceptors (Lipinski definition) is 3. The molecule has 4 heteroatoms. The highest BCUT2D eigenvalue weighted by atomic mass is 16.5. The van der Waals surface area contributed by atoms with Gasteiger partial charge in [0.05, 0.1) is 23.8 Å². The molecule has 0 atom stereocenters. The second-order valence-electron chi connectivity index (χ2n) is 6.85. The van der Waals surface area contributed by atoms with Crippen molar-refractivity contribution in [2.45, 2.75) is 40.4 Å². The Morgan fingerprint density at radius 3 is 2.69 bits per heavy atom. The molecule has 0 aliphatic rings. The van der Waals surface area contributed by atoms with Gasteiger partial charge in [0.25, 0.3) is 5.91 Å². The number of nitrogens with zero attached hydrogens (tertiary/aromatic N) is 1. The maximum absolute atomic E-state index is 12.9. The molecule has 1 heterocycles. The normalized spacial score (nSPS) is 11.1. The number of amides is 1. The zero-order valence-electron chi connectivity index (χ0n) is 15.7. The zero-order valence-corrected chi connectivity index (χ0v) is 15.7. The van der Waals surface area contributed by atoms with Crippen LogP contribution in [0.15, 0.2) is 48.5 Å². The minimum Gasteiger partial charge on any atom is -0.374 e. The van der Waals surface area contributed by atoms with Crippen molar-refractivity contribution in [3.8, 4) is 0 Å². The summed E-state index contributed by atoms with van der Waals surface area (Å²) in [7, 11) is 0. The highest BCUT2D eigenvalue weighted by molar-refractivity contribution is 6.12. The van der Waals surface area contributed by atoms with Gasteiger partial charge in [-0.05, 0) is 63.6 Å². The summed E-state index contributed by atoms with van der Waals surface area (Å²) in [5, 5.41) is 3.87. The summed E-state index contributed by atoms with van der Waals surface area (Å²) in [6, 6.07) is 15.6. The molecule has 134 valence electrons. The molecule has 0 saturated carbocycles. The molecule has 3 rings (SSSR count). The number of carbonyl (C=O) groups is 1. The van der Waals surface area contributed by atoms with Gasteiger partial charge in [0, 0.05) is 16.8 Å². The van der Waals surface area contributed by atoms with Gasteiger partial charge < -0.3 is 10.1 Å². The van der Waals surface area contributed by atoms with E-state index < -0.39 is 0 Å². The molecule has 1 aromatic heterocycles. The fraction of sp³-hybridized carbons (Fsp3) is 0.273. The van der Waals surface area contributed by atoms with Gasteiger partial charge in [-0.15, -0.1) is 0 Å². The first kappa shape index (κ1) is 18.1. The third kappa shape index (κ3) is 4.27. The lowest BCUT2D eigenvalue weighted by molar-refractivity contribution is 0.0657. The fourth-order valence-corrected chi connectivity index (χ4v) is 2.86. The Morgan fingerprint density at radius 1 is 1.12 bits per heavy atom. The summed E-state index contributed by atoms with van der Waals surface area (Å²) in [6.45, 7) is 8.45. The lowest BCUT2D eigenvalue weighted by Gasteiger charge is -2.12. The Balaban J connectivity index is 1.88. The van der Waals surface area contributed by atoms with Crippen molar-refractivity contribution in [2.75, 3.05) is 5.32 Å². The molecule has 1 amide bonds. The monoisotopic (exact) mass is 348 g/mol. The summed E-state index contributed by atoms with van der Waals surface area (Å²) in [4.78, 5) is 17.4. The van der Waals surface area contributed by atoms with E-state index in [0.717, 1.165) is 33.4 Å². The van der Waals surface area contributed by atoms with Crippen molar-refractivity contribution in [1.82, 2.24) is 4.98 Å². The molecule has 0 saturated heterocycles. The molecule has 0 unspecified atom stereocenters. The maximum atomic E-state index is 12.9. The minimum atomic E-state index is -0.131. The van der Waals surface area contributed by atoms with Gasteiger partial charge in [0.1, 0.15) is 0 Å². The van der Waals surface area contributed by atoms with Crippen LogP contribution in [0.3, 0.4) is 0 Å². The van der Waals surface area contributed by atoms with Gasteiger partial charge in [0.2, 0.25) is 0 Å². The topological polar surface area (TPSA) is 51.2 Å². The molecule has 0 radical (unpaired) electrons. The Bertz CT molecular complexity index is 948. The standard InChI is InChI=1S/C22H24N2O2/c1-14(2)26-13-17-6-5-7-18(12-17)24-22(25)20-11-16(4)23-21-9-8-15(3)10-19(20)21/h5-12,14H,13H2,1-4H3,(H,24,25). The molecule has 0 spiro atoms. The number of carbonyl (C=O) groups excluding carboxylic acids is 1. The summed E-state index contributed by atoms with van der Waals surface area (Å²) in [5.74, 6) is -0.131. The number of aromatic nitrogens is 1. The summed E-state index contributed by atoms with van der Waals surface area (Å²) in [6.07, 6.45) is 0.169. The third-order valence-corrected chi connectivity index (χ3v) is 4.11. The summed E-state index contributed by atoms with van der Waals surface area (Å²) < 4.78 is 5.64. The first-order valence-corrected chi connectivity index (χ1v) is 8.82. The van der Waals surface area contributed by atoms with Gasteiger partial charge in [-0.3, -0.25) is 9.78 Å². The largest absolute Gasteiger partial charge is 0.374 e. The molecule has 0 bridgehead atoms. The van der Waals surface area contributed by atoms with Gasteiger partial charge in [-0.2, -0.15) is 0 Å². The Hall–Kier alpha value is -2.72. The van der Waals surface area contributed by atoms with Crippen molar-refractivity contribution in [2.24, 2.45) is 0 Å². The Labute approximate surface area is 154 Å². The zero-order chi connectivity index (χ0) is 18.7.